The molecule has 4 heterocycles. The van der Waals surface area contributed by atoms with Gasteiger partial charge in [-0.3, -0.25) is 9.88 Å². The molecule has 1 saturated carbocycles. The number of likely N-dealkylation sites (tertiary alicyclic amines) is 1. The molecule has 11 heteroatoms. The van der Waals surface area contributed by atoms with E-state index in [2.05, 4.69) is 47.2 Å². The number of H-pyrrole nitrogens is 2. The van der Waals surface area contributed by atoms with Crippen molar-refractivity contribution in [2.75, 3.05) is 25.0 Å². The number of fused-ring (bicyclic) bond motifs is 1. The van der Waals surface area contributed by atoms with Crippen molar-refractivity contribution in [2.45, 2.75) is 44.7 Å². The van der Waals surface area contributed by atoms with Crippen LogP contribution in [0.2, 0.25) is 0 Å². The maximum absolute atomic E-state index is 11.4. The Balaban J connectivity index is 1.54. The quantitative estimate of drug-likeness (QED) is 0.423. The van der Waals surface area contributed by atoms with Crippen LogP contribution in [0.4, 0.5) is 5.95 Å². The SMILES string of the molecule is CCN1CCCC1CNc1nc(=NC2CC2)n2nc/c(=C/c3[nH]c(=O)[nH]c3O)c2n1. The number of hydrogen-bond donors (Lipinski definition) is 4. The highest BCUT2D eigenvalue weighted by atomic mass is 16.3. The number of imidazole rings is 1. The zero-order valence-corrected chi connectivity index (χ0v) is 16.8. The molecule has 0 radical (unpaired) electrons. The van der Waals surface area contributed by atoms with Crippen molar-refractivity contribution in [2.24, 2.45) is 4.99 Å². The Labute approximate surface area is 171 Å². The number of rotatable bonds is 6. The van der Waals surface area contributed by atoms with Gasteiger partial charge in [-0.2, -0.15) is 19.6 Å². The van der Waals surface area contributed by atoms with Crippen molar-refractivity contribution in [1.82, 2.24) is 34.4 Å². The maximum Gasteiger partial charge on any atom is 0.326 e. The van der Waals surface area contributed by atoms with E-state index in [-0.39, 0.29) is 17.6 Å². The zero-order valence-electron chi connectivity index (χ0n) is 16.8. The minimum Gasteiger partial charge on any atom is -0.493 e. The van der Waals surface area contributed by atoms with Crippen molar-refractivity contribution in [3.63, 3.8) is 0 Å². The standard InChI is InChI=1S/C19H25N9O2/c1-2-27-7-3-4-13(27)10-20-17-24-15-11(8-14-16(29)25-19(30)23-14)9-21-28(15)18(26-17)22-12-5-6-12/h8-9,12-13,29H,2-7,10H2,1H3,(H,20,22,26)(H2,23,25,30)/b11-8-. The Morgan fingerprint density at radius 3 is 2.93 bits per heavy atom. The van der Waals surface area contributed by atoms with Crippen LogP contribution in [0.15, 0.2) is 16.0 Å². The van der Waals surface area contributed by atoms with Crippen molar-refractivity contribution < 1.29 is 5.11 Å². The first-order chi connectivity index (χ1) is 14.6. The van der Waals surface area contributed by atoms with E-state index < -0.39 is 5.69 Å². The van der Waals surface area contributed by atoms with Gasteiger partial charge in [0.2, 0.25) is 11.8 Å². The molecule has 0 bridgehead atoms. The third-order valence-corrected chi connectivity index (χ3v) is 5.66. The molecule has 2 fully saturated rings. The normalized spacial score (nSPS) is 21.2. The lowest BCUT2D eigenvalue weighted by molar-refractivity contribution is 0.276. The van der Waals surface area contributed by atoms with Crippen LogP contribution in [-0.4, -0.2) is 71.3 Å². The fraction of sp³-hybridized carbons (Fsp3) is 0.526. The van der Waals surface area contributed by atoms with Crippen LogP contribution >= 0.6 is 0 Å². The van der Waals surface area contributed by atoms with E-state index in [1.54, 1.807) is 16.8 Å². The Hall–Kier alpha value is -3.21. The zero-order chi connectivity index (χ0) is 20.7. The topological polar surface area (TPSA) is 140 Å². The minimum absolute atomic E-state index is 0.226. The monoisotopic (exact) mass is 411 g/mol. The molecular weight excluding hydrogens is 386 g/mol. The molecule has 0 spiro atoms. The molecule has 1 saturated heterocycles. The third kappa shape index (κ3) is 3.67. The summed E-state index contributed by atoms with van der Waals surface area (Å²) >= 11 is 0. The number of hydrogen-bond acceptors (Lipinski definition) is 8. The summed E-state index contributed by atoms with van der Waals surface area (Å²) in [5, 5.41) is 18.3. The summed E-state index contributed by atoms with van der Waals surface area (Å²) < 4.78 is 1.60. The number of nitrogens with one attached hydrogen (secondary N) is 3. The molecule has 2 aliphatic rings. The minimum atomic E-state index is -0.478. The van der Waals surface area contributed by atoms with Crippen LogP contribution < -0.4 is 21.8 Å². The molecular formula is C19H25N9O2. The lowest BCUT2D eigenvalue weighted by Crippen LogP contribution is -2.35. The van der Waals surface area contributed by atoms with E-state index in [9.17, 15) is 9.90 Å². The second-order valence-corrected chi connectivity index (χ2v) is 7.83. The molecule has 30 heavy (non-hydrogen) atoms. The van der Waals surface area contributed by atoms with E-state index in [1.807, 2.05) is 0 Å². The Kier molecular flexibility index (Phi) is 4.74. The summed E-state index contributed by atoms with van der Waals surface area (Å²) in [6, 6.07) is 0.750. The van der Waals surface area contributed by atoms with Gasteiger partial charge in [-0.1, -0.05) is 6.92 Å². The summed E-state index contributed by atoms with van der Waals surface area (Å²) in [5.41, 5.74) is 0.865. The van der Waals surface area contributed by atoms with Crippen LogP contribution in [0, 0.1) is 0 Å². The van der Waals surface area contributed by atoms with Crippen LogP contribution in [0.1, 0.15) is 38.3 Å². The van der Waals surface area contributed by atoms with Gasteiger partial charge in [0, 0.05) is 17.8 Å². The third-order valence-electron chi connectivity index (χ3n) is 5.66. The molecule has 158 valence electrons. The number of likely N-dealkylation sites (N-methyl/N-ethyl adjacent to an activating group) is 1. The largest absolute Gasteiger partial charge is 0.493 e. The smallest absolute Gasteiger partial charge is 0.326 e. The van der Waals surface area contributed by atoms with E-state index >= 15 is 0 Å². The Morgan fingerprint density at radius 2 is 2.20 bits per heavy atom. The van der Waals surface area contributed by atoms with E-state index in [0.717, 1.165) is 38.9 Å². The summed E-state index contributed by atoms with van der Waals surface area (Å²) in [6.07, 6.45) is 7.74. The van der Waals surface area contributed by atoms with Gasteiger partial charge in [0.1, 0.15) is 5.69 Å². The van der Waals surface area contributed by atoms with Crippen LogP contribution in [0.25, 0.3) is 11.7 Å². The first-order valence-corrected chi connectivity index (χ1v) is 10.4. The summed E-state index contributed by atoms with van der Waals surface area (Å²) in [5.74, 6) is 0.280. The van der Waals surface area contributed by atoms with E-state index in [4.69, 9.17) is 0 Å². The van der Waals surface area contributed by atoms with Crippen molar-refractivity contribution >= 4 is 17.7 Å². The number of aromatic nitrogens is 6. The van der Waals surface area contributed by atoms with Gasteiger partial charge >= 0.3 is 5.69 Å². The number of nitrogens with zero attached hydrogens (tertiary/aromatic N) is 6. The van der Waals surface area contributed by atoms with Gasteiger partial charge in [0.15, 0.2) is 5.65 Å². The number of aromatic amines is 2. The van der Waals surface area contributed by atoms with Crippen LogP contribution in [-0.2, 0) is 0 Å². The summed E-state index contributed by atoms with van der Waals surface area (Å²) in [4.78, 5) is 32.7. The van der Waals surface area contributed by atoms with Gasteiger partial charge in [-0.05, 0) is 44.8 Å². The first-order valence-electron chi connectivity index (χ1n) is 10.4. The highest BCUT2D eigenvalue weighted by molar-refractivity contribution is 5.57. The molecule has 0 amide bonds. The molecule has 1 aliphatic heterocycles. The summed E-state index contributed by atoms with van der Waals surface area (Å²) in [6.45, 7) is 5.12. The number of aromatic hydroxyl groups is 1. The van der Waals surface area contributed by atoms with Crippen molar-refractivity contribution in [3.8, 4) is 5.88 Å². The highest BCUT2D eigenvalue weighted by Gasteiger charge is 2.23. The molecule has 0 aromatic carbocycles. The second-order valence-electron chi connectivity index (χ2n) is 7.83. The van der Waals surface area contributed by atoms with Gasteiger partial charge in [0.05, 0.1) is 12.2 Å². The Morgan fingerprint density at radius 1 is 1.33 bits per heavy atom. The lowest BCUT2D eigenvalue weighted by Gasteiger charge is -2.22. The Bertz CT molecular complexity index is 1240. The molecule has 3 aromatic heterocycles. The molecule has 4 N–H and O–H groups in total. The average Bonchev–Trinajstić information content (AvgIpc) is 3.13. The molecule has 1 unspecified atom stereocenters. The van der Waals surface area contributed by atoms with Gasteiger partial charge in [-0.25, -0.2) is 9.79 Å². The predicted molar refractivity (Wildman–Crippen MR) is 110 cm³/mol. The highest BCUT2D eigenvalue weighted by Crippen LogP contribution is 2.22. The average molecular weight is 411 g/mol. The van der Waals surface area contributed by atoms with Gasteiger partial charge < -0.3 is 15.4 Å². The first kappa shape index (κ1) is 18.8. The van der Waals surface area contributed by atoms with E-state index in [1.165, 1.54) is 6.42 Å². The predicted octanol–water partition coefficient (Wildman–Crippen LogP) is -0.647. The molecule has 3 aromatic rings. The molecule has 11 nitrogen and oxygen atoms in total. The fourth-order valence-corrected chi connectivity index (χ4v) is 3.91. The maximum atomic E-state index is 11.4. The van der Waals surface area contributed by atoms with Crippen LogP contribution in [0.5, 0.6) is 5.88 Å². The molecule has 1 aliphatic carbocycles. The van der Waals surface area contributed by atoms with Crippen LogP contribution in [0.3, 0.4) is 0 Å². The van der Waals surface area contributed by atoms with Crippen molar-refractivity contribution in [1.29, 1.82) is 0 Å². The van der Waals surface area contributed by atoms with Gasteiger partial charge in [-0.15, -0.1) is 0 Å². The molecule has 5 rings (SSSR count). The molecule has 1 atom stereocenters. The lowest BCUT2D eigenvalue weighted by atomic mass is 10.2. The van der Waals surface area contributed by atoms with E-state index in [0.29, 0.717) is 28.5 Å². The van der Waals surface area contributed by atoms with Gasteiger partial charge in [0.25, 0.3) is 5.62 Å². The number of anilines is 1. The summed E-state index contributed by atoms with van der Waals surface area (Å²) in [7, 11) is 0. The second kappa shape index (κ2) is 7.56. The van der Waals surface area contributed by atoms with Crippen molar-refractivity contribution in [3.05, 3.63) is 33.2 Å². The fourth-order valence-electron chi connectivity index (χ4n) is 3.91.